The summed E-state index contributed by atoms with van der Waals surface area (Å²) >= 11 is 0. The Bertz CT molecular complexity index is 644. The summed E-state index contributed by atoms with van der Waals surface area (Å²) in [7, 11) is 3.73. The van der Waals surface area contributed by atoms with Crippen LogP contribution >= 0.6 is 0 Å². The number of nitrogens with zero attached hydrogens (tertiary/aromatic N) is 4. The van der Waals surface area contributed by atoms with Crippen molar-refractivity contribution in [2.75, 3.05) is 5.32 Å². The maximum Gasteiger partial charge on any atom is 0.333 e. The van der Waals surface area contributed by atoms with Crippen molar-refractivity contribution < 1.29 is 4.92 Å². The van der Waals surface area contributed by atoms with Gasteiger partial charge in [0.25, 0.3) is 0 Å². The van der Waals surface area contributed by atoms with Gasteiger partial charge < -0.3 is 9.88 Å². The molecule has 7 heteroatoms. The predicted octanol–water partition coefficient (Wildman–Crippen LogP) is 2.41. The monoisotopic (exact) mass is 291 g/mol. The van der Waals surface area contributed by atoms with Gasteiger partial charge in [0.05, 0.1) is 4.92 Å². The zero-order valence-electron chi connectivity index (χ0n) is 12.8. The van der Waals surface area contributed by atoms with Crippen LogP contribution in [-0.4, -0.2) is 25.3 Å². The second-order valence-corrected chi connectivity index (χ2v) is 5.36. The van der Waals surface area contributed by atoms with E-state index in [1.54, 1.807) is 14.0 Å². The van der Waals surface area contributed by atoms with E-state index < -0.39 is 0 Å². The number of hydrogen-bond acceptors (Lipinski definition) is 4. The van der Waals surface area contributed by atoms with Gasteiger partial charge in [0.2, 0.25) is 5.82 Å². The summed E-state index contributed by atoms with van der Waals surface area (Å²) in [6.07, 6.45) is 3.82. The van der Waals surface area contributed by atoms with E-state index in [9.17, 15) is 10.1 Å². The Labute approximate surface area is 123 Å². The molecule has 2 heterocycles. The molecule has 0 aliphatic rings. The van der Waals surface area contributed by atoms with Crippen LogP contribution in [0, 0.1) is 17.0 Å². The summed E-state index contributed by atoms with van der Waals surface area (Å²) in [4.78, 5) is 10.8. The lowest BCUT2D eigenvalue weighted by Gasteiger charge is -2.15. The highest BCUT2D eigenvalue weighted by Crippen LogP contribution is 2.28. The van der Waals surface area contributed by atoms with Crippen LogP contribution in [-0.2, 0) is 20.5 Å². The van der Waals surface area contributed by atoms with Crippen molar-refractivity contribution in [3.8, 4) is 0 Å². The molecule has 0 spiro atoms. The van der Waals surface area contributed by atoms with Crippen LogP contribution in [0.25, 0.3) is 0 Å². The average molecular weight is 291 g/mol. The molecule has 114 valence electrons. The second kappa shape index (κ2) is 5.99. The molecule has 2 rings (SSSR count). The van der Waals surface area contributed by atoms with Gasteiger partial charge in [-0.1, -0.05) is 0 Å². The standard InChI is InChI=1S/C14H21N5O2/c1-10(7-8-12-6-5-9-17(12)3)15-14-13(19(20)21)11(2)16-18(14)4/h5-6,9-10,15H,7-8H2,1-4H3/t10-/m0/s1. The number of nitrogens with one attached hydrogen (secondary N) is 1. The summed E-state index contributed by atoms with van der Waals surface area (Å²) in [5.74, 6) is 0.469. The minimum absolute atomic E-state index is 0.0585. The van der Waals surface area contributed by atoms with E-state index in [4.69, 9.17) is 0 Å². The molecule has 21 heavy (non-hydrogen) atoms. The Hall–Kier alpha value is -2.31. The van der Waals surface area contributed by atoms with Gasteiger partial charge in [-0.05, 0) is 38.8 Å². The third kappa shape index (κ3) is 3.24. The Morgan fingerprint density at radius 3 is 2.76 bits per heavy atom. The molecule has 1 atom stereocenters. The maximum absolute atomic E-state index is 11.1. The van der Waals surface area contributed by atoms with E-state index in [0.717, 1.165) is 12.8 Å². The summed E-state index contributed by atoms with van der Waals surface area (Å²) in [6, 6.07) is 4.22. The summed E-state index contributed by atoms with van der Waals surface area (Å²) in [5, 5.41) is 18.5. The third-order valence-electron chi connectivity index (χ3n) is 3.64. The predicted molar refractivity (Wildman–Crippen MR) is 81.4 cm³/mol. The van der Waals surface area contributed by atoms with E-state index in [2.05, 4.69) is 21.0 Å². The molecule has 0 radical (unpaired) electrons. The SMILES string of the molecule is Cc1nn(C)c(N[C@@H](C)CCc2cccn2C)c1[N+](=O)[O-]. The molecule has 0 unspecified atom stereocenters. The first-order valence-corrected chi connectivity index (χ1v) is 6.95. The van der Waals surface area contributed by atoms with Gasteiger partial charge in [0.15, 0.2) is 0 Å². The molecule has 7 nitrogen and oxygen atoms in total. The fourth-order valence-electron chi connectivity index (χ4n) is 2.45. The van der Waals surface area contributed by atoms with Gasteiger partial charge in [-0.3, -0.25) is 10.1 Å². The normalized spacial score (nSPS) is 12.4. The molecule has 2 aromatic heterocycles. The van der Waals surface area contributed by atoms with Crippen molar-refractivity contribution in [2.24, 2.45) is 14.1 Å². The van der Waals surface area contributed by atoms with Crippen LogP contribution in [0.4, 0.5) is 11.5 Å². The molecular weight excluding hydrogens is 270 g/mol. The van der Waals surface area contributed by atoms with E-state index >= 15 is 0 Å². The molecule has 0 fully saturated rings. The van der Waals surface area contributed by atoms with Crippen LogP contribution in [0.5, 0.6) is 0 Å². The largest absolute Gasteiger partial charge is 0.362 e. The second-order valence-electron chi connectivity index (χ2n) is 5.36. The number of hydrogen-bond donors (Lipinski definition) is 1. The molecule has 0 aromatic carbocycles. The Morgan fingerprint density at radius 1 is 1.48 bits per heavy atom. The topological polar surface area (TPSA) is 77.9 Å². The summed E-state index contributed by atoms with van der Waals surface area (Å²) in [6.45, 7) is 3.67. The molecule has 0 saturated carbocycles. The van der Waals surface area contributed by atoms with Crippen molar-refractivity contribution >= 4 is 11.5 Å². The molecule has 0 amide bonds. The van der Waals surface area contributed by atoms with Crippen LogP contribution in [0.1, 0.15) is 24.7 Å². The Kier molecular flexibility index (Phi) is 4.30. The minimum atomic E-state index is -0.380. The first-order chi connectivity index (χ1) is 9.90. The van der Waals surface area contributed by atoms with E-state index in [1.807, 2.05) is 26.2 Å². The van der Waals surface area contributed by atoms with Crippen molar-refractivity contribution in [3.05, 3.63) is 39.8 Å². The van der Waals surface area contributed by atoms with Crippen molar-refractivity contribution in [2.45, 2.75) is 32.7 Å². The van der Waals surface area contributed by atoms with Crippen LogP contribution in [0.3, 0.4) is 0 Å². The number of nitro groups is 1. The molecule has 0 bridgehead atoms. The fourth-order valence-corrected chi connectivity index (χ4v) is 2.45. The maximum atomic E-state index is 11.1. The average Bonchev–Trinajstić information content (AvgIpc) is 2.91. The van der Waals surface area contributed by atoms with Crippen molar-refractivity contribution in [3.63, 3.8) is 0 Å². The molecule has 1 N–H and O–H groups in total. The van der Waals surface area contributed by atoms with Gasteiger partial charge in [-0.25, -0.2) is 4.68 Å². The number of aromatic nitrogens is 3. The lowest BCUT2D eigenvalue weighted by atomic mass is 10.1. The van der Waals surface area contributed by atoms with Crippen LogP contribution in [0.15, 0.2) is 18.3 Å². The van der Waals surface area contributed by atoms with E-state index in [1.165, 1.54) is 10.4 Å². The van der Waals surface area contributed by atoms with Crippen molar-refractivity contribution in [1.29, 1.82) is 0 Å². The molecule has 0 saturated heterocycles. The lowest BCUT2D eigenvalue weighted by molar-refractivity contribution is -0.384. The van der Waals surface area contributed by atoms with Crippen molar-refractivity contribution in [1.82, 2.24) is 14.3 Å². The van der Waals surface area contributed by atoms with Crippen LogP contribution in [0.2, 0.25) is 0 Å². The lowest BCUT2D eigenvalue weighted by Crippen LogP contribution is -2.19. The zero-order chi connectivity index (χ0) is 15.6. The van der Waals surface area contributed by atoms with E-state index in [-0.39, 0.29) is 16.7 Å². The Balaban J connectivity index is 2.04. The quantitative estimate of drug-likeness (QED) is 0.655. The highest BCUT2D eigenvalue weighted by atomic mass is 16.6. The molecular formula is C14H21N5O2. The molecule has 2 aromatic rings. The first kappa shape index (κ1) is 15.1. The highest BCUT2D eigenvalue weighted by molar-refractivity contribution is 5.59. The van der Waals surface area contributed by atoms with Gasteiger partial charge in [0.1, 0.15) is 5.69 Å². The smallest absolute Gasteiger partial charge is 0.333 e. The van der Waals surface area contributed by atoms with Crippen LogP contribution < -0.4 is 5.32 Å². The van der Waals surface area contributed by atoms with Gasteiger partial charge in [-0.2, -0.15) is 5.10 Å². The number of rotatable bonds is 6. The number of aryl methyl sites for hydroxylation is 4. The van der Waals surface area contributed by atoms with Gasteiger partial charge in [-0.15, -0.1) is 0 Å². The van der Waals surface area contributed by atoms with Gasteiger partial charge >= 0.3 is 5.69 Å². The third-order valence-corrected chi connectivity index (χ3v) is 3.64. The summed E-state index contributed by atoms with van der Waals surface area (Å²) < 4.78 is 3.62. The van der Waals surface area contributed by atoms with E-state index in [0.29, 0.717) is 11.5 Å². The van der Waals surface area contributed by atoms with Gasteiger partial charge in [0, 0.05) is 32.0 Å². The number of anilines is 1. The first-order valence-electron chi connectivity index (χ1n) is 6.95. The minimum Gasteiger partial charge on any atom is -0.362 e. The fraction of sp³-hybridized carbons (Fsp3) is 0.500. The molecule has 0 aliphatic heterocycles. The summed E-state index contributed by atoms with van der Waals surface area (Å²) in [5.41, 5.74) is 1.74. The Morgan fingerprint density at radius 2 is 2.19 bits per heavy atom. The zero-order valence-corrected chi connectivity index (χ0v) is 12.8. The molecule has 0 aliphatic carbocycles. The highest BCUT2D eigenvalue weighted by Gasteiger charge is 2.24.